The van der Waals surface area contributed by atoms with Crippen LogP contribution in [0.5, 0.6) is 5.75 Å². The molecule has 3 rings (SSSR count). The van der Waals surface area contributed by atoms with Crippen molar-refractivity contribution in [1.29, 1.82) is 0 Å². The summed E-state index contributed by atoms with van der Waals surface area (Å²) in [5, 5.41) is 8.89. The van der Waals surface area contributed by atoms with Crippen LogP contribution < -0.4 is 15.6 Å². The number of rotatable bonds is 12. The van der Waals surface area contributed by atoms with E-state index in [1.807, 2.05) is 0 Å². The zero-order chi connectivity index (χ0) is 32.8. The van der Waals surface area contributed by atoms with Gasteiger partial charge in [-0.15, -0.1) is 0 Å². The van der Waals surface area contributed by atoms with Crippen LogP contribution in [0.15, 0.2) is 47.5 Å². The first-order chi connectivity index (χ1) is 20.4. The number of nitrogens with one attached hydrogen (secondary N) is 2. The van der Waals surface area contributed by atoms with E-state index < -0.39 is 53.0 Å². The number of nitrogens with zero attached hydrogens (tertiary/aromatic N) is 1. The van der Waals surface area contributed by atoms with Gasteiger partial charge in [0, 0.05) is 31.6 Å². The van der Waals surface area contributed by atoms with Crippen LogP contribution in [-0.2, 0) is 38.0 Å². The number of carbonyl (C=O) groups is 2. The number of aliphatic hydroxyl groups excluding tert-OH is 1. The lowest BCUT2D eigenvalue weighted by Crippen LogP contribution is -2.51. The number of hydrogen-bond donors (Lipinski definition) is 3. The van der Waals surface area contributed by atoms with Crippen LogP contribution >= 0.6 is 0 Å². The van der Waals surface area contributed by atoms with Gasteiger partial charge in [-0.2, -0.15) is 26.3 Å². The second-order valence-corrected chi connectivity index (χ2v) is 11.0. The Kier molecular flexibility index (Phi) is 10.9. The minimum absolute atomic E-state index is 0.00758. The van der Waals surface area contributed by atoms with Gasteiger partial charge in [0.05, 0.1) is 17.7 Å². The monoisotopic (exact) mass is 633 g/mol. The normalized spacial score (nSPS) is 17.1. The quantitative estimate of drug-likeness (QED) is 0.131. The van der Waals surface area contributed by atoms with Crippen molar-refractivity contribution in [3.05, 3.63) is 64.7 Å². The van der Waals surface area contributed by atoms with Crippen LogP contribution in [0.3, 0.4) is 0 Å². The largest absolute Gasteiger partial charge is 0.494 e. The first-order valence-corrected chi connectivity index (χ1v) is 13.5. The average Bonchev–Trinajstić information content (AvgIpc) is 3.36. The van der Waals surface area contributed by atoms with Gasteiger partial charge < -0.3 is 19.3 Å². The van der Waals surface area contributed by atoms with Crippen molar-refractivity contribution in [2.45, 2.75) is 70.1 Å². The molecular weight excluding hydrogens is 600 g/mol. The summed E-state index contributed by atoms with van der Waals surface area (Å²) in [4.78, 5) is 30.2. The lowest BCUT2D eigenvalue weighted by molar-refractivity contribution is -0.155. The van der Waals surface area contributed by atoms with E-state index in [1.54, 1.807) is 45.0 Å². The third-order valence-electron chi connectivity index (χ3n) is 6.16. The molecule has 1 aliphatic heterocycles. The molecule has 2 aromatic carbocycles. The van der Waals surface area contributed by atoms with Gasteiger partial charge in [-0.25, -0.2) is 10.4 Å². The summed E-state index contributed by atoms with van der Waals surface area (Å²) in [5.41, 5.74) is -0.728. The summed E-state index contributed by atoms with van der Waals surface area (Å²) in [6.07, 6.45) is -10.0. The fraction of sp³-hybridized carbons (Fsp3) is 0.483. The lowest BCUT2D eigenvalue weighted by Gasteiger charge is -2.24. The highest BCUT2D eigenvalue weighted by molar-refractivity contribution is 6.00. The molecule has 1 amide bonds. The predicted octanol–water partition coefficient (Wildman–Crippen LogP) is 4.94. The molecular formula is C29H33F6N3O6. The number of hydrazine groups is 1. The van der Waals surface area contributed by atoms with Crippen molar-refractivity contribution < 1.29 is 55.2 Å². The van der Waals surface area contributed by atoms with Crippen molar-refractivity contribution in [2.75, 3.05) is 19.8 Å². The van der Waals surface area contributed by atoms with Gasteiger partial charge in [0.1, 0.15) is 18.0 Å². The molecule has 0 bridgehead atoms. The number of ether oxygens (including phenoxy) is 3. The molecule has 242 valence electrons. The van der Waals surface area contributed by atoms with Crippen LogP contribution in [0, 0.1) is 0 Å². The molecule has 1 heterocycles. The van der Waals surface area contributed by atoms with E-state index in [2.05, 4.69) is 15.8 Å². The minimum Gasteiger partial charge on any atom is -0.494 e. The summed E-state index contributed by atoms with van der Waals surface area (Å²) < 4.78 is 95.8. The Hall–Kier alpha value is -3.85. The molecule has 3 N–H and O–H groups in total. The van der Waals surface area contributed by atoms with Gasteiger partial charge in [-0.05, 0) is 75.2 Å². The maximum Gasteiger partial charge on any atom is 0.416 e. The van der Waals surface area contributed by atoms with Crippen LogP contribution in [0.2, 0.25) is 0 Å². The summed E-state index contributed by atoms with van der Waals surface area (Å²) in [6, 6.07) is 7.60. The van der Waals surface area contributed by atoms with Crippen molar-refractivity contribution in [3.8, 4) is 5.75 Å². The molecule has 1 atom stereocenters. The molecule has 0 aromatic heterocycles. The van der Waals surface area contributed by atoms with Crippen LogP contribution in [0.1, 0.15) is 62.3 Å². The molecule has 0 spiro atoms. The van der Waals surface area contributed by atoms with Crippen molar-refractivity contribution in [1.82, 2.24) is 10.9 Å². The van der Waals surface area contributed by atoms with Crippen molar-refractivity contribution in [3.63, 3.8) is 0 Å². The lowest BCUT2D eigenvalue weighted by atomic mass is 9.94. The van der Waals surface area contributed by atoms with Gasteiger partial charge in [-0.3, -0.25) is 15.0 Å². The molecule has 15 heteroatoms. The topological polar surface area (TPSA) is 118 Å². The van der Waals surface area contributed by atoms with E-state index in [9.17, 15) is 35.9 Å². The van der Waals surface area contributed by atoms with Gasteiger partial charge in [0.2, 0.25) is 5.90 Å². The molecule has 0 radical (unpaired) electrons. The van der Waals surface area contributed by atoms with E-state index in [4.69, 9.17) is 19.3 Å². The zero-order valence-electron chi connectivity index (χ0n) is 24.2. The molecule has 1 aliphatic rings. The Morgan fingerprint density at radius 1 is 1.00 bits per heavy atom. The molecule has 9 nitrogen and oxygen atoms in total. The maximum atomic E-state index is 13.4. The van der Waals surface area contributed by atoms with Crippen LogP contribution in [0.4, 0.5) is 26.3 Å². The number of alkyl halides is 6. The van der Waals surface area contributed by atoms with Gasteiger partial charge in [-0.1, -0.05) is 0 Å². The molecule has 0 saturated heterocycles. The highest BCUT2D eigenvalue weighted by Crippen LogP contribution is 2.36. The van der Waals surface area contributed by atoms with E-state index in [0.717, 1.165) is 0 Å². The Morgan fingerprint density at radius 3 is 2.16 bits per heavy atom. The molecule has 2 aromatic rings. The van der Waals surface area contributed by atoms with Crippen molar-refractivity contribution in [2.24, 2.45) is 4.99 Å². The number of hydrogen-bond acceptors (Lipinski definition) is 8. The number of aliphatic imine (C=N–C) groups is 1. The molecule has 0 fully saturated rings. The first kappa shape index (κ1) is 34.6. The number of esters is 1. The number of aliphatic hydroxyl groups is 1. The summed E-state index contributed by atoms with van der Waals surface area (Å²) in [6.45, 7) is 4.38. The Labute approximate surface area is 249 Å². The fourth-order valence-corrected chi connectivity index (χ4v) is 4.07. The number of benzene rings is 2. The van der Waals surface area contributed by atoms with Crippen LogP contribution in [0.25, 0.3) is 0 Å². The Bertz CT molecular complexity index is 1310. The molecule has 0 saturated carbocycles. The summed E-state index contributed by atoms with van der Waals surface area (Å²) in [7, 11) is 0. The van der Waals surface area contributed by atoms with Gasteiger partial charge in [0.15, 0.2) is 5.54 Å². The van der Waals surface area contributed by atoms with Crippen LogP contribution in [-0.4, -0.2) is 53.8 Å². The van der Waals surface area contributed by atoms with E-state index >= 15 is 0 Å². The van der Waals surface area contributed by atoms with Gasteiger partial charge in [0.25, 0.3) is 5.91 Å². The first-order valence-electron chi connectivity index (χ1n) is 13.5. The molecule has 0 unspecified atom stereocenters. The Morgan fingerprint density at radius 2 is 1.61 bits per heavy atom. The number of halogens is 6. The van der Waals surface area contributed by atoms with E-state index in [0.29, 0.717) is 36.5 Å². The van der Waals surface area contributed by atoms with E-state index in [-0.39, 0.29) is 43.6 Å². The summed E-state index contributed by atoms with van der Waals surface area (Å²) in [5.74, 6) is -0.863. The fourth-order valence-electron chi connectivity index (χ4n) is 4.07. The third-order valence-corrected chi connectivity index (χ3v) is 6.16. The Balaban J connectivity index is 1.80. The minimum atomic E-state index is -5.03. The predicted molar refractivity (Wildman–Crippen MR) is 145 cm³/mol. The second kappa shape index (κ2) is 13.8. The number of carbonyl (C=O) groups excluding carboxylic acids is 2. The standard InChI is InChI=1S/C29H33F6N3O6/c1-26(2,3)44-23(40)9-10-27(17-43-24(37-27)19-5-7-22(8-6-19)42-12-4-11-39)25(41)38-36-16-18-13-20(28(30,31)32)15-21(14-18)29(33,34)35/h5-8,13-15,36,39H,4,9-12,16-17H2,1-3H3,(H,38,41)/t27-/m0/s1. The summed E-state index contributed by atoms with van der Waals surface area (Å²) >= 11 is 0. The van der Waals surface area contributed by atoms with Gasteiger partial charge >= 0.3 is 18.3 Å². The molecule has 0 aliphatic carbocycles. The van der Waals surface area contributed by atoms with Crippen molar-refractivity contribution >= 4 is 17.8 Å². The third kappa shape index (κ3) is 9.84. The highest BCUT2D eigenvalue weighted by atomic mass is 19.4. The SMILES string of the molecule is CC(C)(C)OC(=O)CC[C@@]1(C(=O)NNCc2cc(C(F)(F)F)cc(C(F)(F)F)c2)COC(c2ccc(OCCCO)cc2)=N1. The average molecular weight is 634 g/mol. The second-order valence-electron chi connectivity index (χ2n) is 11.0. The smallest absolute Gasteiger partial charge is 0.416 e. The number of amides is 1. The highest BCUT2D eigenvalue weighted by Gasteiger charge is 2.45. The van der Waals surface area contributed by atoms with E-state index in [1.165, 1.54) is 0 Å². The zero-order valence-corrected chi connectivity index (χ0v) is 24.2. The maximum absolute atomic E-state index is 13.4. The molecule has 44 heavy (non-hydrogen) atoms.